The maximum absolute atomic E-state index is 11.7. The molecule has 0 aliphatic carbocycles. The lowest BCUT2D eigenvalue weighted by molar-refractivity contribution is -0.127. The molecule has 20 heavy (non-hydrogen) atoms. The van der Waals surface area contributed by atoms with E-state index in [1.165, 1.54) is 12.3 Å². The molecule has 7 nitrogen and oxygen atoms in total. The fourth-order valence-electron chi connectivity index (χ4n) is 1.46. The summed E-state index contributed by atoms with van der Waals surface area (Å²) in [6.07, 6.45) is 1.24. The minimum atomic E-state index is -1.20. The van der Waals surface area contributed by atoms with Gasteiger partial charge in [0.25, 0.3) is 5.91 Å². The third-order valence-corrected chi connectivity index (χ3v) is 2.47. The number of ether oxygens (including phenoxy) is 2. The number of rotatable bonds is 8. The Labute approximate surface area is 116 Å². The smallest absolute Gasteiger partial charge is 0.358 e. The molecule has 1 heterocycles. The molecule has 0 aliphatic rings. The normalized spacial score (nSPS) is 11.7. The predicted octanol–water partition coefficient (Wildman–Crippen LogP) is 0.700. The minimum absolute atomic E-state index is 0.0690. The third kappa shape index (κ3) is 4.85. The van der Waals surface area contributed by atoms with Gasteiger partial charge in [0.15, 0.2) is 17.5 Å². The molecular formula is C13H18N2O5. The number of methoxy groups -OCH3 is 1. The molecule has 0 bridgehead atoms. The zero-order chi connectivity index (χ0) is 15.0. The fraction of sp³-hybridized carbons (Fsp3) is 0.462. The van der Waals surface area contributed by atoms with E-state index in [0.29, 0.717) is 19.6 Å². The number of pyridine rings is 1. The van der Waals surface area contributed by atoms with E-state index in [1.807, 2.05) is 0 Å². The number of aromatic carboxylic acids is 1. The van der Waals surface area contributed by atoms with Gasteiger partial charge in [-0.2, -0.15) is 0 Å². The minimum Gasteiger partial charge on any atom is -0.478 e. The van der Waals surface area contributed by atoms with Crippen molar-refractivity contribution in [2.75, 3.05) is 20.3 Å². The number of nitrogens with one attached hydrogen (secondary N) is 1. The predicted molar refractivity (Wildman–Crippen MR) is 70.8 cm³/mol. The van der Waals surface area contributed by atoms with Crippen LogP contribution in [0.15, 0.2) is 18.3 Å². The summed E-state index contributed by atoms with van der Waals surface area (Å²) in [6, 6.07) is 3.01. The fourth-order valence-corrected chi connectivity index (χ4v) is 1.46. The molecule has 2 N–H and O–H groups in total. The third-order valence-electron chi connectivity index (χ3n) is 2.47. The zero-order valence-electron chi connectivity index (χ0n) is 11.5. The Morgan fingerprint density at radius 1 is 1.50 bits per heavy atom. The van der Waals surface area contributed by atoms with Crippen LogP contribution in [0.4, 0.5) is 0 Å². The van der Waals surface area contributed by atoms with Crippen LogP contribution in [-0.4, -0.2) is 48.3 Å². The van der Waals surface area contributed by atoms with Crippen molar-refractivity contribution in [3.8, 4) is 5.75 Å². The van der Waals surface area contributed by atoms with Crippen molar-refractivity contribution in [3.05, 3.63) is 24.0 Å². The van der Waals surface area contributed by atoms with E-state index in [-0.39, 0.29) is 17.4 Å². The number of aromatic nitrogens is 1. The highest BCUT2D eigenvalue weighted by molar-refractivity contribution is 5.88. The Morgan fingerprint density at radius 3 is 2.90 bits per heavy atom. The molecule has 0 saturated carbocycles. The highest BCUT2D eigenvalue weighted by Gasteiger charge is 2.19. The van der Waals surface area contributed by atoms with Crippen LogP contribution < -0.4 is 10.1 Å². The van der Waals surface area contributed by atoms with E-state index in [2.05, 4.69) is 10.3 Å². The first-order valence-electron chi connectivity index (χ1n) is 6.18. The van der Waals surface area contributed by atoms with Gasteiger partial charge in [0.05, 0.1) is 0 Å². The zero-order valence-corrected chi connectivity index (χ0v) is 11.5. The molecule has 0 saturated heterocycles. The Kier molecular flexibility index (Phi) is 6.45. The Bertz CT molecular complexity index is 464. The van der Waals surface area contributed by atoms with Crippen molar-refractivity contribution in [3.63, 3.8) is 0 Å². The molecule has 1 aromatic heterocycles. The molecular weight excluding hydrogens is 264 g/mol. The van der Waals surface area contributed by atoms with Gasteiger partial charge >= 0.3 is 5.97 Å². The summed E-state index contributed by atoms with van der Waals surface area (Å²) < 4.78 is 10.2. The van der Waals surface area contributed by atoms with E-state index in [4.69, 9.17) is 14.6 Å². The lowest BCUT2D eigenvalue weighted by atomic mass is 10.3. The van der Waals surface area contributed by atoms with Gasteiger partial charge < -0.3 is 19.9 Å². The second-order valence-corrected chi connectivity index (χ2v) is 4.05. The number of hydrogen-bond donors (Lipinski definition) is 2. The van der Waals surface area contributed by atoms with Gasteiger partial charge in [-0.25, -0.2) is 9.78 Å². The molecule has 1 unspecified atom stereocenters. The van der Waals surface area contributed by atoms with Crippen molar-refractivity contribution >= 4 is 11.9 Å². The number of carboxylic acid groups (broad SMARTS) is 1. The summed E-state index contributed by atoms with van der Waals surface area (Å²) in [5.74, 6) is -1.45. The molecule has 1 rings (SSSR count). The van der Waals surface area contributed by atoms with Crippen LogP contribution in [0.1, 0.15) is 23.8 Å². The van der Waals surface area contributed by atoms with E-state index in [9.17, 15) is 9.59 Å². The maximum atomic E-state index is 11.7. The van der Waals surface area contributed by atoms with Crippen LogP contribution in [-0.2, 0) is 9.53 Å². The summed E-state index contributed by atoms with van der Waals surface area (Å²) in [5.41, 5.74) is -0.216. The molecule has 1 aromatic rings. The molecule has 110 valence electrons. The van der Waals surface area contributed by atoms with Crippen LogP contribution >= 0.6 is 0 Å². The van der Waals surface area contributed by atoms with Gasteiger partial charge in [0.2, 0.25) is 0 Å². The first-order chi connectivity index (χ1) is 9.56. The highest BCUT2D eigenvalue weighted by Crippen LogP contribution is 2.16. The molecule has 1 atom stereocenters. The Balaban J connectivity index is 2.55. The van der Waals surface area contributed by atoms with Gasteiger partial charge in [-0.3, -0.25) is 4.79 Å². The van der Waals surface area contributed by atoms with Gasteiger partial charge in [-0.15, -0.1) is 0 Å². The molecule has 0 aromatic carbocycles. The van der Waals surface area contributed by atoms with E-state index < -0.39 is 12.1 Å². The van der Waals surface area contributed by atoms with Crippen LogP contribution in [0.25, 0.3) is 0 Å². The quantitative estimate of drug-likeness (QED) is 0.681. The average molecular weight is 282 g/mol. The summed E-state index contributed by atoms with van der Waals surface area (Å²) >= 11 is 0. The topological polar surface area (TPSA) is 97.8 Å². The van der Waals surface area contributed by atoms with Gasteiger partial charge in [-0.1, -0.05) is 0 Å². The number of hydrogen-bond acceptors (Lipinski definition) is 5. The van der Waals surface area contributed by atoms with Crippen molar-refractivity contribution in [1.82, 2.24) is 10.3 Å². The lowest BCUT2D eigenvalue weighted by Gasteiger charge is -2.15. The van der Waals surface area contributed by atoms with Gasteiger partial charge in [0, 0.05) is 26.5 Å². The number of carboxylic acids is 1. The Hall–Kier alpha value is -2.15. The van der Waals surface area contributed by atoms with Crippen LogP contribution in [0.3, 0.4) is 0 Å². The van der Waals surface area contributed by atoms with Crippen molar-refractivity contribution < 1.29 is 24.2 Å². The second kappa shape index (κ2) is 8.11. The molecule has 0 fully saturated rings. The first kappa shape index (κ1) is 15.9. The molecule has 1 amide bonds. The largest absolute Gasteiger partial charge is 0.478 e. The monoisotopic (exact) mass is 282 g/mol. The molecule has 0 aliphatic heterocycles. The van der Waals surface area contributed by atoms with Crippen LogP contribution in [0, 0.1) is 0 Å². The Morgan fingerprint density at radius 2 is 2.25 bits per heavy atom. The van der Waals surface area contributed by atoms with Crippen molar-refractivity contribution in [1.29, 1.82) is 0 Å². The number of carbonyl (C=O) groups is 2. The lowest BCUT2D eigenvalue weighted by Crippen LogP contribution is -2.37. The molecule has 0 radical (unpaired) electrons. The average Bonchev–Trinajstić information content (AvgIpc) is 2.43. The molecule has 0 spiro atoms. The SMILES string of the molecule is COCCCNC(=O)C(C)Oc1cccnc1C(=O)O. The first-order valence-corrected chi connectivity index (χ1v) is 6.18. The summed E-state index contributed by atoms with van der Waals surface area (Å²) in [4.78, 5) is 26.4. The van der Waals surface area contributed by atoms with Crippen molar-refractivity contribution in [2.45, 2.75) is 19.4 Å². The standard InChI is InChI=1S/C13H18N2O5/c1-9(12(16)15-7-4-8-19-2)20-10-5-3-6-14-11(10)13(17)18/h3,5-6,9H,4,7-8H2,1-2H3,(H,15,16)(H,17,18). The van der Waals surface area contributed by atoms with Gasteiger partial charge in [-0.05, 0) is 25.5 Å². The number of nitrogens with zero attached hydrogens (tertiary/aromatic N) is 1. The van der Waals surface area contributed by atoms with Crippen LogP contribution in [0.5, 0.6) is 5.75 Å². The van der Waals surface area contributed by atoms with E-state index in [1.54, 1.807) is 20.1 Å². The summed E-state index contributed by atoms with van der Waals surface area (Å²) in [6.45, 7) is 2.57. The number of carbonyl (C=O) groups excluding carboxylic acids is 1. The summed E-state index contributed by atoms with van der Waals surface area (Å²) in [7, 11) is 1.59. The van der Waals surface area contributed by atoms with Gasteiger partial charge in [0.1, 0.15) is 0 Å². The van der Waals surface area contributed by atoms with Crippen molar-refractivity contribution in [2.24, 2.45) is 0 Å². The van der Waals surface area contributed by atoms with E-state index >= 15 is 0 Å². The van der Waals surface area contributed by atoms with E-state index in [0.717, 1.165) is 0 Å². The molecule has 7 heteroatoms. The highest BCUT2D eigenvalue weighted by atomic mass is 16.5. The maximum Gasteiger partial charge on any atom is 0.358 e. The summed E-state index contributed by atoms with van der Waals surface area (Å²) in [5, 5.41) is 11.6. The second-order valence-electron chi connectivity index (χ2n) is 4.05. The van der Waals surface area contributed by atoms with Crippen LogP contribution in [0.2, 0.25) is 0 Å². The number of amides is 1.